The third-order valence-corrected chi connectivity index (χ3v) is 8.27. The molecule has 2 heterocycles. The Kier molecular flexibility index (Phi) is 7.08. The topological polar surface area (TPSA) is 40.6 Å². The minimum absolute atomic E-state index is 0.0608. The highest BCUT2D eigenvalue weighted by molar-refractivity contribution is 7.99. The fourth-order valence-corrected chi connectivity index (χ4v) is 6.69. The lowest BCUT2D eigenvalue weighted by Crippen LogP contribution is -2.49. The Morgan fingerprint density at radius 2 is 1.76 bits per heavy atom. The number of sulfonamides is 1. The predicted octanol–water partition coefficient (Wildman–Crippen LogP) is 3.46. The zero-order valence-electron chi connectivity index (χ0n) is 14.6. The molecule has 25 heavy (non-hydrogen) atoms. The van der Waals surface area contributed by atoms with Gasteiger partial charge in [0.05, 0.1) is 5.75 Å². The second-order valence-electron chi connectivity index (χ2n) is 6.94. The average Bonchev–Trinajstić information content (AvgIpc) is 2.84. The van der Waals surface area contributed by atoms with Crippen LogP contribution in [0.2, 0.25) is 5.02 Å². The van der Waals surface area contributed by atoms with Crippen molar-refractivity contribution in [1.29, 1.82) is 0 Å². The van der Waals surface area contributed by atoms with E-state index in [1.165, 1.54) is 19.3 Å². The van der Waals surface area contributed by atoms with E-state index in [-0.39, 0.29) is 11.8 Å². The molecule has 2 aliphatic rings. The molecule has 0 saturated carbocycles. The Hall–Kier alpha value is -0.270. The zero-order chi connectivity index (χ0) is 17.7. The van der Waals surface area contributed by atoms with Crippen LogP contribution in [-0.2, 0) is 15.8 Å². The van der Waals surface area contributed by atoms with E-state index in [4.69, 9.17) is 11.6 Å². The van der Waals surface area contributed by atoms with Crippen molar-refractivity contribution in [2.24, 2.45) is 0 Å². The van der Waals surface area contributed by atoms with E-state index in [0.717, 1.165) is 43.1 Å². The van der Waals surface area contributed by atoms with Gasteiger partial charge in [0.25, 0.3) is 0 Å². The second-order valence-corrected chi connectivity index (χ2v) is 10.4. The highest BCUT2D eigenvalue weighted by atomic mass is 35.5. The minimum atomic E-state index is -3.32. The van der Waals surface area contributed by atoms with Crippen molar-refractivity contribution in [1.82, 2.24) is 9.21 Å². The van der Waals surface area contributed by atoms with E-state index in [1.54, 1.807) is 16.4 Å². The van der Waals surface area contributed by atoms with Crippen molar-refractivity contribution in [3.63, 3.8) is 0 Å². The van der Waals surface area contributed by atoms with E-state index < -0.39 is 10.0 Å². The van der Waals surface area contributed by atoms with E-state index in [1.807, 2.05) is 23.9 Å². The van der Waals surface area contributed by atoms with Crippen molar-refractivity contribution in [2.45, 2.75) is 37.5 Å². The Labute approximate surface area is 161 Å². The first-order valence-electron chi connectivity index (χ1n) is 9.09. The summed E-state index contributed by atoms with van der Waals surface area (Å²) in [4.78, 5) is 2.45. The molecular weight excluding hydrogens is 376 g/mol. The molecule has 140 valence electrons. The molecule has 7 heteroatoms. The van der Waals surface area contributed by atoms with Crippen LogP contribution in [-0.4, -0.2) is 61.3 Å². The molecule has 1 unspecified atom stereocenters. The van der Waals surface area contributed by atoms with Gasteiger partial charge in [-0.3, -0.25) is 0 Å². The van der Waals surface area contributed by atoms with Gasteiger partial charge in [0.2, 0.25) is 10.0 Å². The summed E-state index contributed by atoms with van der Waals surface area (Å²) in [6.07, 6.45) is 4.70. The van der Waals surface area contributed by atoms with Crippen LogP contribution >= 0.6 is 23.4 Å². The molecule has 0 amide bonds. The van der Waals surface area contributed by atoms with Crippen molar-refractivity contribution < 1.29 is 8.42 Å². The molecule has 2 saturated heterocycles. The highest BCUT2D eigenvalue weighted by Gasteiger charge is 2.32. The van der Waals surface area contributed by atoms with Crippen LogP contribution in [0.1, 0.15) is 31.2 Å². The van der Waals surface area contributed by atoms with Crippen LogP contribution in [0.4, 0.5) is 0 Å². The van der Waals surface area contributed by atoms with Crippen LogP contribution in [0.5, 0.6) is 0 Å². The summed E-state index contributed by atoms with van der Waals surface area (Å²) in [5.74, 6) is 2.01. The third-order valence-electron chi connectivity index (χ3n) is 4.92. The Bertz CT molecular complexity index is 646. The number of likely N-dealkylation sites (tertiary alicyclic amines) is 1. The van der Waals surface area contributed by atoms with Gasteiger partial charge in [-0.1, -0.05) is 30.2 Å². The maximum absolute atomic E-state index is 13.1. The number of benzene rings is 1. The number of thioether (sulfide) groups is 1. The van der Waals surface area contributed by atoms with Gasteiger partial charge >= 0.3 is 0 Å². The van der Waals surface area contributed by atoms with Crippen LogP contribution < -0.4 is 0 Å². The third kappa shape index (κ3) is 5.60. The molecule has 0 aliphatic carbocycles. The molecule has 0 N–H and O–H groups in total. The number of rotatable bonds is 5. The zero-order valence-corrected chi connectivity index (χ0v) is 17.0. The van der Waals surface area contributed by atoms with Crippen molar-refractivity contribution in [3.05, 3.63) is 34.9 Å². The molecule has 1 aromatic carbocycles. The molecule has 1 aromatic rings. The molecule has 0 bridgehead atoms. The Morgan fingerprint density at radius 3 is 2.48 bits per heavy atom. The van der Waals surface area contributed by atoms with Gasteiger partial charge < -0.3 is 4.90 Å². The second kappa shape index (κ2) is 9.09. The summed E-state index contributed by atoms with van der Waals surface area (Å²) in [5, 5.41) is 0.635. The summed E-state index contributed by atoms with van der Waals surface area (Å²) in [5.41, 5.74) is 0.804. The molecule has 2 aliphatic heterocycles. The predicted molar refractivity (Wildman–Crippen MR) is 107 cm³/mol. The summed E-state index contributed by atoms with van der Waals surface area (Å²) in [7, 11) is -3.32. The van der Waals surface area contributed by atoms with Crippen molar-refractivity contribution >= 4 is 33.4 Å². The van der Waals surface area contributed by atoms with Crippen LogP contribution in [0.15, 0.2) is 24.3 Å². The maximum atomic E-state index is 13.1. The van der Waals surface area contributed by atoms with E-state index in [2.05, 4.69) is 4.90 Å². The van der Waals surface area contributed by atoms with Gasteiger partial charge in [0.15, 0.2) is 0 Å². The number of hydrogen-bond acceptors (Lipinski definition) is 4. The number of hydrogen-bond donors (Lipinski definition) is 0. The summed E-state index contributed by atoms with van der Waals surface area (Å²) in [6.45, 7) is 3.72. The van der Waals surface area contributed by atoms with Gasteiger partial charge in [-0.05, 0) is 55.8 Å². The van der Waals surface area contributed by atoms with Crippen LogP contribution in [0.3, 0.4) is 0 Å². The highest BCUT2D eigenvalue weighted by Crippen LogP contribution is 2.24. The number of halogens is 1. The molecule has 4 nitrogen and oxygen atoms in total. The molecule has 1 atom stereocenters. The van der Waals surface area contributed by atoms with Crippen LogP contribution in [0, 0.1) is 0 Å². The summed E-state index contributed by atoms with van der Waals surface area (Å²) >= 11 is 7.81. The first-order chi connectivity index (χ1) is 12.0. The van der Waals surface area contributed by atoms with Gasteiger partial charge in [0.1, 0.15) is 0 Å². The molecule has 0 radical (unpaired) electrons. The lowest BCUT2D eigenvalue weighted by Gasteiger charge is -2.35. The fourth-order valence-electron chi connectivity index (χ4n) is 3.63. The number of nitrogens with zero attached hydrogens (tertiary/aromatic N) is 2. The smallest absolute Gasteiger partial charge is 0.218 e. The van der Waals surface area contributed by atoms with Gasteiger partial charge in [-0.25, -0.2) is 8.42 Å². The Balaban J connectivity index is 1.73. The SMILES string of the molecule is O=S(=O)(Cc1ccc(Cl)cc1)N1CCCSCC1CN1CCCCC1. The molecule has 3 rings (SSSR count). The normalized spacial score (nSPS) is 24.1. The quantitative estimate of drug-likeness (QED) is 0.756. The first kappa shape index (κ1) is 19.5. The minimum Gasteiger partial charge on any atom is -0.302 e. The monoisotopic (exact) mass is 402 g/mol. The van der Waals surface area contributed by atoms with Gasteiger partial charge in [0, 0.05) is 29.9 Å². The average molecular weight is 403 g/mol. The first-order valence-corrected chi connectivity index (χ1v) is 12.2. The molecule has 0 aromatic heterocycles. The van der Waals surface area contributed by atoms with Gasteiger partial charge in [-0.2, -0.15) is 16.1 Å². The standard InChI is InChI=1S/C18H27ClN2O2S2/c19-17-7-5-16(6-8-17)15-25(22,23)21-11-4-12-24-14-18(21)13-20-9-2-1-3-10-20/h5-8,18H,1-4,9-15H2. The van der Waals surface area contributed by atoms with Crippen molar-refractivity contribution in [2.75, 3.05) is 37.7 Å². The van der Waals surface area contributed by atoms with Crippen molar-refractivity contribution in [3.8, 4) is 0 Å². The molecule has 0 spiro atoms. The number of piperidine rings is 1. The van der Waals surface area contributed by atoms with E-state index in [0.29, 0.717) is 11.6 Å². The van der Waals surface area contributed by atoms with E-state index in [9.17, 15) is 8.42 Å². The van der Waals surface area contributed by atoms with E-state index >= 15 is 0 Å². The lowest BCUT2D eigenvalue weighted by molar-refractivity contribution is 0.183. The fraction of sp³-hybridized carbons (Fsp3) is 0.667. The lowest BCUT2D eigenvalue weighted by atomic mass is 10.1. The Morgan fingerprint density at radius 1 is 1.04 bits per heavy atom. The largest absolute Gasteiger partial charge is 0.302 e. The summed E-state index contributed by atoms with van der Waals surface area (Å²) in [6, 6.07) is 7.23. The summed E-state index contributed by atoms with van der Waals surface area (Å²) < 4.78 is 28.0. The van der Waals surface area contributed by atoms with Crippen LogP contribution in [0.25, 0.3) is 0 Å². The molecule has 2 fully saturated rings. The van der Waals surface area contributed by atoms with Gasteiger partial charge in [-0.15, -0.1) is 0 Å². The molecular formula is C18H27ClN2O2S2. The maximum Gasteiger partial charge on any atom is 0.218 e.